The number of aromatic nitrogens is 2. The zero-order valence-electron chi connectivity index (χ0n) is 18.3. The second-order valence-electron chi connectivity index (χ2n) is 8.30. The van der Waals surface area contributed by atoms with Gasteiger partial charge in [-0.3, -0.25) is 9.59 Å². The monoisotopic (exact) mass is 428 g/mol. The van der Waals surface area contributed by atoms with E-state index in [2.05, 4.69) is 27.4 Å². The zero-order chi connectivity index (χ0) is 22.4. The Balaban J connectivity index is 1.54. The molecular weight excluding hydrogens is 400 g/mol. The smallest absolute Gasteiger partial charge is 0.253 e. The van der Waals surface area contributed by atoms with Crippen molar-refractivity contribution in [2.45, 2.75) is 26.2 Å². The third-order valence-electron chi connectivity index (χ3n) is 6.21. The van der Waals surface area contributed by atoms with Crippen LogP contribution >= 0.6 is 0 Å². The van der Waals surface area contributed by atoms with Crippen molar-refractivity contribution in [1.82, 2.24) is 20.2 Å². The molecule has 1 saturated heterocycles. The van der Waals surface area contributed by atoms with E-state index >= 15 is 0 Å². The number of hydrogen-bond donors (Lipinski definition) is 1. The van der Waals surface area contributed by atoms with E-state index in [1.165, 1.54) is 6.33 Å². The van der Waals surface area contributed by atoms with Crippen molar-refractivity contribution in [3.05, 3.63) is 84.4 Å². The number of benzene rings is 2. The number of carbonyl (C=O) groups is 2. The van der Waals surface area contributed by atoms with Crippen molar-refractivity contribution in [1.29, 1.82) is 0 Å². The lowest BCUT2D eigenvalue weighted by Gasteiger charge is -2.41. The highest BCUT2D eigenvalue weighted by Crippen LogP contribution is 2.37. The van der Waals surface area contributed by atoms with Crippen molar-refractivity contribution in [3.63, 3.8) is 0 Å². The lowest BCUT2D eigenvalue weighted by molar-refractivity contribution is -0.133. The average molecular weight is 429 g/mol. The summed E-state index contributed by atoms with van der Waals surface area (Å²) >= 11 is 0. The summed E-state index contributed by atoms with van der Waals surface area (Å²) < 4.78 is 0. The van der Waals surface area contributed by atoms with Gasteiger partial charge in [0.15, 0.2) is 0 Å². The number of piperidine rings is 1. The lowest BCUT2D eigenvalue weighted by Crippen LogP contribution is -2.51. The standard InChI is InChI=1S/C26H28N4O2/c1-2-29-25(32)26(11-13-30(14-12-26)24(31)21-8-4-3-5-9-21)16-20-7-6-10-22(15-20)23-17-27-19-28-18-23/h3-10,15,17-19H,2,11-14,16H2,1H3,(H,29,32). The molecule has 1 N–H and O–H groups in total. The molecular formula is C26H28N4O2. The number of hydrogen-bond acceptors (Lipinski definition) is 4. The van der Waals surface area contributed by atoms with Gasteiger partial charge in [-0.25, -0.2) is 9.97 Å². The van der Waals surface area contributed by atoms with E-state index < -0.39 is 5.41 Å². The molecule has 0 atom stereocenters. The van der Waals surface area contributed by atoms with E-state index in [0.29, 0.717) is 44.5 Å². The summed E-state index contributed by atoms with van der Waals surface area (Å²) in [6.45, 7) is 3.67. The molecule has 0 aliphatic carbocycles. The number of carbonyl (C=O) groups excluding carboxylic acids is 2. The minimum absolute atomic E-state index is 0.0289. The van der Waals surface area contributed by atoms with Gasteiger partial charge in [0.05, 0.1) is 5.41 Å². The molecule has 164 valence electrons. The Labute approximate surface area is 188 Å². The van der Waals surface area contributed by atoms with Crippen LogP contribution in [-0.4, -0.2) is 46.3 Å². The van der Waals surface area contributed by atoms with Crippen LogP contribution < -0.4 is 5.32 Å². The normalized spacial score (nSPS) is 15.2. The molecule has 3 aromatic rings. The van der Waals surface area contributed by atoms with Gasteiger partial charge in [-0.15, -0.1) is 0 Å². The van der Waals surface area contributed by atoms with Gasteiger partial charge in [0.25, 0.3) is 5.91 Å². The molecule has 2 aromatic carbocycles. The Kier molecular flexibility index (Phi) is 6.59. The first-order valence-electron chi connectivity index (χ1n) is 11.1. The van der Waals surface area contributed by atoms with E-state index in [1.807, 2.05) is 54.3 Å². The first-order valence-corrected chi connectivity index (χ1v) is 11.1. The SMILES string of the molecule is CCNC(=O)C1(Cc2cccc(-c3cncnc3)c2)CCN(C(=O)c2ccccc2)CC1. The minimum atomic E-state index is -0.532. The first-order chi connectivity index (χ1) is 15.6. The topological polar surface area (TPSA) is 75.2 Å². The first kappa shape index (κ1) is 21.7. The molecule has 0 radical (unpaired) electrons. The molecule has 0 spiro atoms. The Morgan fingerprint density at radius 2 is 1.69 bits per heavy atom. The van der Waals surface area contributed by atoms with Gasteiger partial charge in [-0.1, -0.05) is 42.5 Å². The fraction of sp³-hybridized carbons (Fsp3) is 0.308. The summed E-state index contributed by atoms with van der Waals surface area (Å²) in [4.78, 5) is 36.2. The highest BCUT2D eigenvalue weighted by atomic mass is 16.2. The van der Waals surface area contributed by atoms with E-state index in [-0.39, 0.29) is 11.8 Å². The molecule has 32 heavy (non-hydrogen) atoms. The van der Waals surface area contributed by atoms with Crippen molar-refractivity contribution in [2.75, 3.05) is 19.6 Å². The van der Waals surface area contributed by atoms with E-state index in [4.69, 9.17) is 0 Å². The summed E-state index contributed by atoms with van der Waals surface area (Å²) in [6, 6.07) is 17.6. The van der Waals surface area contributed by atoms with E-state index in [9.17, 15) is 9.59 Å². The molecule has 4 rings (SSSR count). The summed E-state index contributed by atoms with van der Waals surface area (Å²) in [5.41, 5.74) is 3.24. The van der Waals surface area contributed by atoms with Crippen molar-refractivity contribution >= 4 is 11.8 Å². The largest absolute Gasteiger partial charge is 0.356 e. The van der Waals surface area contributed by atoms with E-state index in [1.54, 1.807) is 12.4 Å². The maximum absolute atomic E-state index is 13.2. The minimum Gasteiger partial charge on any atom is -0.356 e. The zero-order valence-corrected chi connectivity index (χ0v) is 18.3. The second kappa shape index (κ2) is 9.73. The molecule has 1 aliphatic rings. The predicted octanol–water partition coefficient (Wildman–Crippen LogP) is 3.74. The van der Waals surface area contributed by atoms with Gasteiger partial charge in [-0.05, 0) is 49.4 Å². The van der Waals surface area contributed by atoms with E-state index in [0.717, 1.165) is 16.7 Å². The molecule has 0 saturated carbocycles. The van der Waals surface area contributed by atoms with Gasteiger partial charge in [0.1, 0.15) is 6.33 Å². The summed E-state index contributed by atoms with van der Waals surface area (Å²) in [6.07, 6.45) is 7.00. The van der Waals surface area contributed by atoms with Crippen LogP contribution in [-0.2, 0) is 11.2 Å². The van der Waals surface area contributed by atoms with Crippen LogP contribution in [0.3, 0.4) is 0 Å². The number of rotatable bonds is 6. The number of nitrogens with zero attached hydrogens (tertiary/aromatic N) is 3. The predicted molar refractivity (Wildman–Crippen MR) is 124 cm³/mol. The van der Waals surface area contributed by atoms with Crippen LogP contribution in [0.5, 0.6) is 0 Å². The van der Waals surface area contributed by atoms with Gasteiger partial charge in [-0.2, -0.15) is 0 Å². The van der Waals surface area contributed by atoms with Crippen LogP contribution in [0.25, 0.3) is 11.1 Å². The molecule has 0 bridgehead atoms. The Bertz CT molecular complexity index is 1060. The highest BCUT2D eigenvalue weighted by Gasteiger charge is 2.42. The van der Waals surface area contributed by atoms with Crippen LogP contribution in [0.4, 0.5) is 0 Å². The second-order valence-corrected chi connectivity index (χ2v) is 8.30. The van der Waals surface area contributed by atoms with Gasteiger partial charge < -0.3 is 10.2 Å². The Hall–Kier alpha value is -3.54. The molecule has 1 fully saturated rings. The van der Waals surface area contributed by atoms with Crippen LogP contribution in [0.2, 0.25) is 0 Å². The van der Waals surface area contributed by atoms with Crippen LogP contribution in [0.15, 0.2) is 73.3 Å². The Morgan fingerprint density at radius 3 is 2.38 bits per heavy atom. The van der Waals surface area contributed by atoms with Crippen LogP contribution in [0, 0.1) is 5.41 Å². The summed E-state index contributed by atoms with van der Waals surface area (Å²) in [7, 11) is 0. The molecule has 2 amide bonds. The third-order valence-corrected chi connectivity index (χ3v) is 6.21. The number of amides is 2. The van der Waals surface area contributed by atoms with Crippen molar-refractivity contribution < 1.29 is 9.59 Å². The quantitative estimate of drug-likeness (QED) is 0.649. The molecule has 6 nitrogen and oxygen atoms in total. The summed E-state index contributed by atoms with van der Waals surface area (Å²) in [5, 5.41) is 3.04. The van der Waals surface area contributed by atoms with Gasteiger partial charge in [0, 0.05) is 43.2 Å². The fourth-order valence-corrected chi connectivity index (χ4v) is 4.43. The molecule has 6 heteroatoms. The molecule has 0 unspecified atom stereocenters. The number of likely N-dealkylation sites (tertiary alicyclic amines) is 1. The lowest BCUT2D eigenvalue weighted by atomic mass is 9.72. The Morgan fingerprint density at radius 1 is 0.969 bits per heavy atom. The fourth-order valence-electron chi connectivity index (χ4n) is 4.43. The third kappa shape index (κ3) is 4.69. The van der Waals surface area contributed by atoms with Crippen molar-refractivity contribution in [2.24, 2.45) is 5.41 Å². The molecule has 1 aliphatic heterocycles. The van der Waals surface area contributed by atoms with Crippen LogP contribution in [0.1, 0.15) is 35.7 Å². The maximum Gasteiger partial charge on any atom is 0.253 e. The highest BCUT2D eigenvalue weighted by molar-refractivity contribution is 5.94. The summed E-state index contributed by atoms with van der Waals surface area (Å²) in [5.74, 6) is 0.0985. The van der Waals surface area contributed by atoms with Gasteiger partial charge >= 0.3 is 0 Å². The average Bonchev–Trinajstić information content (AvgIpc) is 2.85. The van der Waals surface area contributed by atoms with Crippen molar-refractivity contribution in [3.8, 4) is 11.1 Å². The molecule has 2 heterocycles. The molecule has 1 aromatic heterocycles. The number of nitrogens with one attached hydrogen (secondary N) is 1. The maximum atomic E-state index is 13.2. The van der Waals surface area contributed by atoms with Gasteiger partial charge in [0.2, 0.25) is 5.91 Å².